The van der Waals surface area contributed by atoms with Crippen LogP contribution in [0.5, 0.6) is 0 Å². The predicted molar refractivity (Wildman–Crippen MR) is 107 cm³/mol. The van der Waals surface area contributed by atoms with Gasteiger partial charge in [-0.2, -0.15) is 0 Å². The molecule has 0 radical (unpaired) electrons. The largest absolute Gasteiger partial charge is 0.336 e. The molecule has 1 N–H and O–H groups in total. The molecule has 1 aliphatic heterocycles. The third-order valence-corrected chi connectivity index (χ3v) is 6.25. The molecule has 2 aromatic carbocycles. The van der Waals surface area contributed by atoms with Crippen molar-refractivity contribution in [1.82, 2.24) is 9.80 Å². The molecule has 6 nitrogen and oxygen atoms in total. The molecule has 0 unspecified atom stereocenters. The smallest absolute Gasteiger partial charge is 0.261 e. The Hall–Kier alpha value is -2.09. The first-order valence-corrected chi connectivity index (χ1v) is 10.5. The van der Waals surface area contributed by atoms with Crippen molar-refractivity contribution >= 4 is 33.2 Å². The number of anilines is 1. The first kappa shape index (κ1) is 19.7. The summed E-state index contributed by atoms with van der Waals surface area (Å²) in [7, 11) is -1.83. The number of carbonyl (C=O) groups excluding carboxylic acids is 1. The quantitative estimate of drug-likeness (QED) is 0.846. The van der Waals surface area contributed by atoms with Crippen LogP contribution in [-0.4, -0.2) is 57.4 Å². The Morgan fingerprint density at radius 2 is 1.78 bits per heavy atom. The van der Waals surface area contributed by atoms with Crippen molar-refractivity contribution in [2.75, 3.05) is 37.9 Å². The highest BCUT2D eigenvalue weighted by molar-refractivity contribution is 7.92. The zero-order chi connectivity index (χ0) is 19.6. The van der Waals surface area contributed by atoms with Crippen LogP contribution >= 0.6 is 11.6 Å². The number of benzene rings is 2. The minimum atomic E-state index is -3.83. The Bertz CT molecular complexity index is 954. The molecule has 1 amide bonds. The van der Waals surface area contributed by atoms with Crippen molar-refractivity contribution in [3.63, 3.8) is 0 Å². The number of carbonyl (C=O) groups is 1. The van der Waals surface area contributed by atoms with E-state index in [0.717, 1.165) is 18.7 Å². The lowest BCUT2D eigenvalue weighted by atomic mass is 10.2. The molecule has 2 aromatic rings. The number of likely N-dealkylation sites (N-methyl/N-ethyl adjacent to an activating group) is 1. The minimum absolute atomic E-state index is 0.00545. The van der Waals surface area contributed by atoms with E-state index >= 15 is 0 Å². The number of aryl methyl sites for hydroxylation is 1. The topological polar surface area (TPSA) is 69.7 Å². The van der Waals surface area contributed by atoms with Crippen LogP contribution in [0.4, 0.5) is 5.69 Å². The normalized spacial score (nSPS) is 15.6. The zero-order valence-electron chi connectivity index (χ0n) is 15.3. The van der Waals surface area contributed by atoms with E-state index in [1.165, 1.54) is 18.2 Å². The highest BCUT2D eigenvalue weighted by Gasteiger charge is 2.24. The molecule has 27 heavy (non-hydrogen) atoms. The standard InChI is InChI=1S/C19H22ClN3O3S/c1-14-4-3-5-15(12-14)21-27(25,26)16-6-7-18(20)17(13-16)19(24)23-10-8-22(2)9-11-23/h3-7,12-13,21H,8-11H2,1-2H3. The fourth-order valence-corrected chi connectivity index (χ4v) is 4.21. The molecule has 0 saturated carbocycles. The maximum Gasteiger partial charge on any atom is 0.261 e. The van der Waals surface area contributed by atoms with E-state index < -0.39 is 10.0 Å². The monoisotopic (exact) mass is 407 g/mol. The Morgan fingerprint density at radius 1 is 1.07 bits per heavy atom. The van der Waals surface area contributed by atoms with Crippen molar-refractivity contribution in [3.05, 3.63) is 58.6 Å². The van der Waals surface area contributed by atoms with Crippen LogP contribution < -0.4 is 4.72 Å². The van der Waals surface area contributed by atoms with E-state index in [1.54, 1.807) is 23.1 Å². The van der Waals surface area contributed by atoms with Gasteiger partial charge in [-0.3, -0.25) is 9.52 Å². The third kappa shape index (κ3) is 4.61. The molecule has 1 fully saturated rings. The minimum Gasteiger partial charge on any atom is -0.336 e. The van der Waals surface area contributed by atoms with E-state index in [9.17, 15) is 13.2 Å². The molecule has 1 aliphatic rings. The third-order valence-electron chi connectivity index (χ3n) is 4.54. The number of piperazine rings is 1. The predicted octanol–water partition coefficient (Wildman–Crippen LogP) is 2.84. The Labute approximate surface area is 164 Å². The van der Waals surface area contributed by atoms with Gasteiger partial charge in [0.05, 0.1) is 15.5 Å². The molecule has 1 saturated heterocycles. The van der Waals surface area contributed by atoms with Crippen molar-refractivity contribution in [2.45, 2.75) is 11.8 Å². The number of nitrogens with one attached hydrogen (secondary N) is 1. The van der Waals surface area contributed by atoms with Gasteiger partial charge >= 0.3 is 0 Å². The van der Waals surface area contributed by atoms with Gasteiger partial charge in [0.25, 0.3) is 15.9 Å². The van der Waals surface area contributed by atoms with Crippen molar-refractivity contribution in [2.24, 2.45) is 0 Å². The van der Waals surface area contributed by atoms with Gasteiger partial charge in [0.15, 0.2) is 0 Å². The molecule has 144 valence electrons. The lowest BCUT2D eigenvalue weighted by Crippen LogP contribution is -2.47. The number of rotatable bonds is 4. The van der Waals surface area contributed by atoms with Gasteiger partial charge in [-0.05, 0) is 49.9 Å². The number of nitrogens with zero attached hydrogens (tertiary/aromatic N) is 2. The molecule has 1 heterocycles. The molecule has 8 heteroatoms. The van der Waals surface area contributed by atoms with E-state index in [0.29, 0.717) is 18.8 Å². The van der Waals surface area contributed by atoms with Crippen LogP contribution in [0.1, 0.15) is 15.9 Å². The molecule has 0 spiro atoms. The van der Waals surface area contributed by atoms with Crippen LogP contribution in [0.2, 0.25) is 5.02 Å². The summed E-state index contributed by atoms with van der Waals surface area (Å²) in [5.41, 5.74) is 1.61. The Balaban J connectivity index is 1.87. The van der Waals surface area contributed by atoms with Crippen LogP contribution in [-0.2, 0) is 10.0 Å². The van der Waals surface area contributed by atoms with Gasteiger partial charge in [0.1, 0.15) is 0 Å². The number of amides is 1. The second-order valence-corrected chi connectivity index (χ2v) is 8.80. The lowest BCUT2D eigenvalue weighted by molar-refractivity contribution is 0.0664. The molecule has 0 aromatic heterocycles. The first-order valence-electron chi connectivity index (χ1n) is 8.63. The van der Waals surface area contributed by atoms with Crippen LogP contribution in [0.25, 0.3) is 0 Å². The van der Waals surface area contributed by atoms with Gasteiger partial charge < -0.3 is 9.80 Å². The van der Waals surface area contributed by atoms with Gasteiger partial charge in [0.2, 0.25) is 0 Å². The summed E-state index contributed by atoms with van der Waals surface area (Å²) in [6, 6.07) is 11.3. The van der Waals surface area contributed by atoms with E-state index in [-0.39, 0.29) is 21.4 Å². The van der Waals surface area contributed by atoms with Crippen molar-refractivity contribution in [1.29, 1.82) is 0 Å². The zero-order valence-corrected chi connectivity index (χ0v) is 16.8. The van der Waals surface area contributed by atoms with Gasteiger partial charge in [-0.1, -0.05) is 23.7 Å². The average Bonchev–Trinajstić information content (AvgIpc) is 2.61. The molecular weight excluding hydrogens is 386 g/mol. The fraction of sp³-hybridized carbons (Fsp3) is 0.316. The molecular formula is C19H22ClN3O3S. The van der Waals surface area contributed by atoms with Gasteiger partial charge in [-0.15, -0.1) is 0 Å². The summed E-state index contributed by atoms with van der Waals surface area (Å²) in [5, 5.41) is 0.244. The van der Waals surface area contributed by atoms with Gasteiger partial charge in [-0.25, -0.2) is 8.42 Å². The summed E-state index contributed by atoms with van der Waals surface area (Å²) in [4.78, 5) is 16.7. The second kappa shape index (κ2) is 7.88. The van der Waals surface area contributed by atoms with E-state index in [1.807, 2.05) is 20.0 Å². The maximum atomic E-state index is 12.8. The van der Waals surface area contributed by atoms with Crippen LogP contribution in [0, 0.1) is 6.92 Å². The summed E-state index contributed by atoms with van der Waals surface area (Å²) >= 11 is 6.20. The van der Waals surface area contributed by atoms with Gasteiger partial charge in [0, 0.05) is 31.9 Å². The summed E-state index contributed by atoms with van der Waals surface area (Å²) in [6.45, 7) is 4.60. The summed E-state index contributed by atoms with van der Waals surface area (Å²) < 4.78 is 28.0. The molecule has 3 rings (SSSR count). The molecule has 0 bridgehead atoms. The Morgan fingerprint density at radius 3 is 2.44 bits per heavy atom. The number of hydrogen-bond acceptors (Lipinski definition) is 4. The number of sulfonamides is 1. The fourth-order valence-electron chi connectivity index (χ4n) is 2.94. The van der Waals surface area contributed by atoms with E-state index in [4.69, 9.17) is 11.6 Å². The number of halogens is 1. The second-order valence-electron chi connectivity index (χ2n) is 6.71. The lowest BCUT2D eigenvalue weighted by Gasteiger charge is -2.32. The highest BCUT2D eigenvalue weighted by Crippen LogP contribution is 2.24. The first-order chi connectivity index (χ1) is 12.8. The average molecular weight is 408 g/mol. The molecule has 0 aliphatic carbocycles. The number of hydrogen-bond donors (Lipinski definition) is 1. The SMILES string of the molecule is Cc1cccc(NS(=O)(=O)c2ccc(Cl)c(C(=O)N3CCN(C)CC3)c2)c1. The van der Waals surface area contributed by atoms with Crippen LogP contribution in [0.15, 0.2) is 47.4 Å². The highest BCUT2D eigenvalue weighted by atomic mass is 35.5. The summed E-state index contributed by atoms with van der Waals surface area (Å²) in [5.74, 6) is -0.249. The van der Waals surface area contributed by atoms with Crippen molar-refractivity contribution in [3.8, 4) is 0 Å². The maximum absolute atomic E-state index is 12.8. The van der Waals surface area contributed by atoms with E-state index in [2.05, 4.69) is 9.62 Å². The Kier molecular flexibility index (Phi) is 5.74. The van der Waals surface area contributed by atoms with Crippen molar-refractivity contribution < 1.29 is 13.2 Å². The summed E-state index contributed by atoms with van der Waals surface area (Å²) in [6.07, 6.45) is 0. The van der Waals surface area contributed by atoms with Crippen LogP contribution in [0.3, 0.4) is 0 Å². The molecule has 0 atom stereocenters.